The van der Waals surface area contributed by atoms with E-state index in [1.54, 1.807) is 7.11 Å². The number of carboxylic acid groups (broad SMARTS) is 1. The van der Waals surface area contributed by atoms with Crippen LogP contribution in [0.5, 0.6) is 0 Å². The van der Waals surface area contributed by atoms with Crippen molar-refractivity contribution < 1.29 is 14.6 Å². The highest BCUT2D eigenvalue weighted by Gasteiger charge is 2.16. The molecule has 0 saturated heterocycles. The number of aliphatic carboxylic acids is 1. The van der Waals surface area contributed by atoms with Crippen LogP contribution in [0.4, 0.5) is 0 Å². The maximum Gasteiger partial charge on any atom is 0.328 e. The van der Waals surface area contributed by atoms with Crippen LogP contribution < -0.4 is 0 Å². The molecule has 0 atom stereocenters. The van der Waals surface area contributed by atoms with Crippen molar-refractivity contribution in [3.63, 3.8) is 0 Å². The van der Waals surface area contributed by atoms with Crippen molar-refractivity contribution in [2.24, 2.45) is 0 Å². The summed E-state index contributed by atoms with van der Waals surface area (Å²) in [6.07, 6.45) is 1.22. The molecule has 0 radical (unpaired) electrons. The first-order valence-corrected chi connectivity index (χ1v) is 6.29. The molecule has 1 aromatic carbocycles. The lowest BCUT2D eigenvalue weighted by Crippen LogP contribution is -2.12. The third-order valence-electron chi connectivity index (χ3n) is 3.05. The fraction of sp³-hybridized carbons (Fsp3) is 0.438. The van der Waals surface area contributed by atoms with Gasteiger partial charge >= 0.3 is 5.97 Å². The third-order valence-corrected chi connectivity index (χ3v) is 3.05. The average molecular weight is 262 g/mol. The van der Waals surface area contributed by atoms with Gasteiger partial charge in [-0.3, -0.25) is 0 Å². The van der Waals surface area contributed by atoms with Crippen LogP contribution in [0.25, 0.3) is 5.57 Å². The van der Waals surface area contributed by atoms with Crippen LogP contribution in [0.1, 0.15) is 37.5 Å². The Labute approximate surface area is 114 Å². The number of hydrogen-bond acceptors (Lipinski definition) is 2. The van der Waals surface area contributed by atoms with E-state index in [-0.39, 0.29) is 5.41 Å². The Hall–Kier alpha value is -1.61. The van der Waals surface area contributed by atoms with E-state index in [2.05, 4.69) is 32.9 Å². The molecule has 0 aliphatic carbocycles. The smallest absolute Gasteiger partial charge is 0.328 e. The monoisotopic (exact) mass is 262 g/mol. The molecule has 104 valence electrons. The summed E-state index contributed by atoms with van der Waals surface area (Å²) in [7, 11) is 1.57. The molecule has 0 unspecified atom stereocenters. The standard InChI is InChI=1S/C16H22O3/c1-11-6-7-13(16(2,3)4)9-14(11)12(10-19-5)8-15(17)18/h6-9H,10H2,1-5H3,(H,17,18)/b12-8+. The van der Waals surface area contributed by atoms with Crippen molar-refractivity contribution >= 4 is 11.5 Å². The number of carbonyl (C=O) groups is 1. The van der Waals surface area contributed by atoms with E-state index in [9.17, 15) is 4.79 Å². The molecule has 0 heterocycles. The molecule has 1 N–H and O–H groups in total. The molecule has 1 aromatic rings. The van der Waals surface area contributed by atoms with Crippen LogP contribution in [0.3, 0.4) is 0 Å². The number of rotatable bonds is 4. The molecular formula is C16H22O3. The molecule has 3 nitrogen and oxygen atoms in total. The van der Waals surface area contributed by atoms with Gasteiger partial charge in [0, 0.05) is 13.2 Å². The van der Waals surface area contributed by atoms with E-state index < -0.39 is 5.97 Å². The fourth-order valence-corrected chi connectivity index (χ4v) is 1.94. The summed E-state index contributed by atoms with van der Waals surface area (Å²) in [6.45, 7) is 8.68. The predicted octanol–water partition coefficient (Wildman–Crippen LogP) is 3.41. The second-order valence-electron chi connectivity index (χ2n) is 5.72. The van der Waals surface area contributed by atoms with E-state index in [0.717, 1.165) is 11.1 Å². The van der Waals surface area contributed by atoms with Crippen LogP contribution in [0, 0.1) is 6.92 Å². The Balaban J connectivity index is 3.34. The van der Waals surface area contributed by atoms with Crippen molar-refractivity contribution in [1.29, 1.82) is 0 Å². The van der Waals surface area contributed by atoms with Gasteiger partial charge < -0.3 is 9.84 Å². The van der Waals surface area contributed by atoms with E-state index in [0.29, 0.717) is 12.2 Å². The van der Waals surface area contributed by atoms with Crippen molar-refractivity contribution in [3.05, 3.63) is 41.0 Å². The molecule has 0 saturated carbocycles. The first-order chi connectivity index (χ1) is 8.75. The van der Waals surface area contributed by atoms with Gasteiger partial charge in [-0.1, -0.05) is 39.0 Å². The van der Waals surface area contributed by atoms with Gasteiger partial charge in [0.2, 0.25) is 0 Å². The SMILES string of the molecule is COC/C(=C\C(=O)O)c1cc(C(C)(C)C)ccc1C. The Morgan fingerprint density at radius 3 is 2.47 bits per heavy atom. The molecule has 0 fully saturated rings. The molecule has 3 heteroatoms. The van der Waals surface area contributed by atoms with Crippen molar-refractivity contribution in [2.75, 3.05) is 13.7 Å². The fourth-order valence-electron chi connectivity index (χ4n) is 1.94. The molecule has 0 amide bonds. The molecule has 0 spiro atoms. The summed E-state index contributed by atoms with van der Waals surface area (Å²) in [5.74, 6) is -0.951. The number of carboxylic acids is 1. The maximum absolute atomic E-state index is 10.9. The van der Waals surface area contributed by atoms with Gasteiger partial charge in [-0.05, 0) is 34.6 Å². The lowest BCUT2D eigenvalue weighted by molar-refractivity contribution is -0.131. The number of aryl methyl sites for hydroxylation is 1. The summed E-state index contributed by atoms with van der Waals surface area (Å²) in [5, 5.41) is 8.96. The minimum Gasteiger partial charge on any atom is -0.478 e. The Kier molecular flexibility index (Phi) is 4.90. The maximum atomic E-state index is 10.9. The summed E-state index contributed by atoms with van der Waals surface area (Å²) < 4.78 is 5.11. The lowest BCUT2D eigenvalue weighted by Gasteiger charge is -2.21. The number of methoxy groups -OCH3 is 1. The van der Waals surface area contributed by atoms with Gasteiger partial charge in [-0.2, -0.15) is 0 Å². The van der Waals surface area contributed by atoms with Gasteiger partial charge in [-0.15, -0.1) is 0 Å². The highest BCUT2D eigenvalue weighted by atomic mass is 16.5. The number of benzene rings is 1. The van der Waals surface area contributed by atoms with Gasteiger partial charge in [0.1, 0.15) is 0 Å². The van der Waals surface area contributed by atoms with Crippen LogP contribution in [0.15, 0.2) is 24.3 Å². The largest absolute Gasteiger partial charge is 0.478 e. The van der Waals surface area contributed by atoms with Gasteiger partial charge in [0.15, 0.2) is 0 Å². The molecule has 0 aliphatic heterocycles. The summed E-state index contributed by atoms with van der Waals surface area (Å²) >= 11 is 0. The van der Waals surface area contributed by atoms with E-state index in [4.69, 9.17) is 9.84 Å². The Morgan fingerprint density at radius 1 is 1.37 bits per heavy atom. The normalized spacial score (nSPS) is 12.6. The quantitative estimate of drug-likeness (QED) is 0.846. The lowest BCUT2D eigenvalue weighted by atomic mass is 9.84. The van der Waals surface area contributed by atoms with Crippen LogP contribution in [-0.4, -0.2) is 24.8 Å². The third kappa shape index (κ3) is 4.21. The second-order valence-corrected chi connectivity index (χ2v) is 5.72. The molecule has 0 aromatic heterocycles. The summed E-state index contributed by atoms with van der Waals surface area (Å²) in [6, 6.07) is 6.18. The van der Waals surface area contributed by atoms with Crippen LogP contribution in [-0.2, 0) is 14.9 Å². The van der Waals surface area contributed by atoms with Crippen molar-refractivity contribution in [3.8, 4) is 0 Å². The summed E-state index contributed by atoms with van der Waals surface area (Å²) in [5.41, 5.74) is 3.90. The van der Waals surface area contributed by atoms with Crippen LogP contribution >= 0.6 is 0 Å². The molecule has 0 aliphatic rings. The molecule has 0 bridgehead atoms. The van der Waals surface area contributed by atoms with Gasteiger partial charge in [0.05, 0.1) is 6.61 Å². The van der Waals surface area contributed by atoms with Crippen molar-refractivity contribution in [2.45, 2.75) is 33.1 Å². The highest BCUT2D eigenvalue weighted by molar-refractivity contribution is 5.90. The van der Waals surface area contributed by atoms with E-state index in [1.807, 2.05) is 13.0 Å². The van der Waals surface area contributed by atoms with Gasteiger partial charge in [0.25, 0.3) is 0 Å². The van der Waals surface area contributed by atoms with E-state index in [1.165, 1.54) is 11.6 Å². The predicted molar refractivity (Wildman–Crippen MR) is 77.4 cm³/mol. The summed E-state index contributed by atoms with van der Waals surface area (Å²) in [4.78, 5) is 10.9. The number of hydrogen-bond donors (Lipinski definition) is 1. The Bertz CT molecular complexity index is 493. The average Bonchev–Trinajstić information content (AvgIpc) is 2.27. The zero-order chi connectivity index (χ0) is 14.6. The first-order valence-electron chi connectivity index (χ1n) is 6.29. The second kappa shape index (κ2) is 6.02. The van der Waals surface area contributed by atoms with Crippen LogP contribution in [0.2, 0.25) is 0 Å². The first kappa shape index (κ1) is 15.4. The topological polar surface area (TPSA) is 46.5 Å². The van der Waals surface area contributed by atoms with Crippen molar-refractivity contribution in [1.82, 2.24) is 0 Å². The minimum absolute atomic E-state index is 0.0316. The molecular weight excluding hydrogens is 240 g/mol. The van der Waals surface area contributed by atoms with Gasteiger partial charge in [-0.25, -0.2) is 4.79 Å². The minimum atomic E-state index is -0.951. The zero-order valence-electron chi connectivity index (χ0n) is 12.3. The molecule has 1 rings (SSSR count). The zero-order valence-corrected chi connectivity index (χ0v) is 12.3. The molecule has 19 heavy (non-hydrogen) atoms. The van der Waals surface area contributed by atoms with E-state index >= 15 is 0 Å². The highest BCUT2D eigenvalue weighted by Crippen LogP contribution is 2.28. The number of ether oxygens (including phenoxy) is 1. The Morgan fingerprint density at radius 2 is 2.00 bits per heavy atom.